The zero-order valence-corrected chi connectivity index (χ0v) is 12.3. The predicted molar refractivity (Wildman–Crippen MR) is 79.1 cm³/mol. The van der Waals surface area contributed by atoms with E-state index in [1.54, 1.807) is 10.8 Å². The Morgan fingerprint density at radius 1 is 1.36 bits per heavy atom. The van der Waals surface area contributed by atoms with Crippen LogP contribution in [0.15, 0.2) is 36.5 Å². The molecule has 0 saturated heterocycles. The number of allylic oxidation sites excluding steroid dienone is 1. The number of hydrogen-bond acceptors (Lipinski definition) is 3. The predicted octanol–water partition coefficient (Wildman–Crippen LogP) is 3.71. The largest absolute Gasteiger partial charge is 0.435 e. The molecule has 0 aliphatic carbocycles. The zero-order chi connectivity index (χ0) is 16.1. The third-order valence-corrected chi connectivity index (χ3v) is 3.09. The second-order valence-electron chi connectivity index (χ2n) is 4.63. The molecule has 0 amide bonds. The van der Waals surface area contributed by atoms with Crippen molar-refractivity contribution in [3.63, 3.8) is 0 Å². The van der Waals surface area contributed by atoms with E-state index in [9.17, 15) is 13.6 Å². The van der Waals surface area contributed by atoms with Gasteiger partial charge in [0, 0.05) is 23.9 Å². The van der Waals surface area contributed by atoms with Crippen LogP contribution < -0.4 is 4.74 Å². The van der Waals surface area contributed by atoms with E-state index in [0.717, 1.165) is 17.8 Å². The third kappa shape index (κ3) is 4.00. The van der Waals surface area contributed by atoms with Gasteiger partial charge in [-0.1, -0.05) is 0 Å². The van der Waals surface area contributed by atoms with E-state index in [2.05, 4.69) is 9.84 Å². The first-order valence-electron chi connectivity index (χ1n) is 6.81. The van der Waals surface area contributed by atoms with Gasteiger partial charge >= 0.3 is 6.61 Å². The van der Waals surface area contributed by atoms with Crippen LogP contribution in [-0.2, 0) is 6.54 Å². The fourth-order valence-electron chi connectivity index (χ4n) is 1.92. The molecule has 6 heteroatoms. The van der Waals surface area contributed by atoms with Gasteiger partial charge in [-0.2, -0.15) is 13.9 Å². The number of aryl methyl sites for hydroxylation is 2. The van der Waals surface area contributed by atoms with Gasteiger partial charge in [0.2, 0.25) is 0 Å². The topological polar surface area (TPSA) is 44.1 Å². The van der Waals surface area contributed by atoms with E-state index >= 15 is 0 Å². The van der Waals surface area contributed by atoms with Crippen LogP contribution in [0.2, 0.25) is 0 Å². The summed E-state index contributed by atoms with van der Waals surface area (Å²) in [7, 11) is 0. The lowest BCUT2D eigenvalue weighted by Gasteiger charge is -2.04. The van der Waals surface area contributed by atoms with Crippen LogP contribution in [0.1, 0.15) is 28.5 Å². The Morgan fingerprint density at radius 3 is 2.59 bits per heavy atom. The van der Waals surface area contributed by atoms with Crippen LogP contribution in [0.3, 0.4) is 0 Å². The molecule has 0 N–H and O–H groups in total. The summed E-state index contributed by atoms with van der Waals surface area (Å²) in [4.78, 5) is 12.0. The molecule has 2 aromatic rings. The summed E-state index contributed by atoms with van der Waals surface area (Å²) >= 11 is 0. The zero-order valence-electron chi connectivity index (χ0n) is 12.3. The summed E-state index contributed by atoms with van der Waals surface area (Å²) in [6, 6.07) is 5.58. The van der Waals surface area contributed by atoms with Gasteiger partial charge in [0.25, 0.3) is 0 Å². The molecule has 1 heterocycles. The minimum absolute atomic E-state index is 0.0237. The number of nitrogens with zero attached hydrogens (tertiary/aromatic N) is 2. The summed E-state index contributed by atoms with van der Waals surface area (Å²) in [6.45, 7) is 1.73. The highest BCUT2D eigenvalue weighted by Crippen LogP contribution is 2.16. The van der Waals surface area contributed by atoms with E-state index in [0.29, 0.717) is 5.56 Å². The van der Waals surface area contributed by atoms with Gasteiger partial charge in [0.1, 0.15) is 5.75 Å². The van der Waals surface area contributed by atoms with Gasteiger partial charge in [0.15, 0.2) is 5.78 Å². The van der Waals surface area contributed by atoms with Gasteiger partial charge in [-0.05, 0) is 50.3 Å². The molecule has 116 valence electrons. The normalized spacial score (nSPS) is 11.3. The number of ketones is 1. The van der Waals surface area contributed by atoms with E-state index in [-0.39, 0.29) is 11.5 Å². The van der Waals surface area contributed by atoms with E-state index in [1.165, 1.54) is 30.3 Å². The average molecular weight is 306 g/mol. The Kier molecular flexibility index (Phi) is 5.04. The van der Waals surface area contributed by atoms with Crippen molar-refractivity contribution >= 4 is 11.9 Å². The van der Waals surface area contributed by atoms with Crippen LogP contribution in [0.4, 0.5) is 8.78 Å². The number of hydrogen-bond donors (Lipinski definition) is 0. The molecule has 22 heavy (non-hydrogen) atoms. The van der Waals surface area contributed by atoms with Crippen molar-refractivity contribution < 1.29 is 18.3 Å². The van der Waals surface area contributed by atoms with E-state index in [1.807, 2.05) is 20.0 Å². The maximum atomic E-state index is 12.0. The molecule has 0 bridgehead atoms. The molecule has 1 aromatic carbocycles. The first-order chi connectivity index (χ1) is 10.5. The number of rotatable bonds is 6. The highest BCUT2D eigenvalue weighted by atomic mass is 19.3. The third-order valence-electron chi connectivity index (χ3n) is 3.09. The van der Waals surface area contributed by atoms with Crippen molar-refractivity contribution in [1.82, 2.24) is 9.78 Å². The first kappa shape index (κ1) is 15.9. The van der Waals surface area contributed by atoms with Crippen molar-refractivity contribution in [2.24, 2.45) is 0 Å². The number of benzene rings is 1. The molecular formula is C16H16F2N2O2. The number of carbonyl (C=O) groups excluding carboxylic acids is 1. The molecule has 1 aromatic heterocycles. The summed E-state index contributed by atoms with van der Waals surface area (Å²) in [5.74, 6) is -0.192. The summed E-state index contributed by atoms with van der Waals surface area (Å²) < 4.78 is 30.1. The minimum Gasteiger partial charge on any atom is -0.435 e. The smallest absolute Gasteiger partial charge is 0.387 e. The lowest BCUT2D eigenvalue weighted by molar-refractivity contribution is -0.0498. The number of aromatic nitrogens is 2. The molecule has 0 aliphatic heterocycles. The molecule has 0 fully saturated rings. The van der Waals surface area contributed by atoms with Crippen molar-refractivity contribution in [1.29, 1.82) is 0 Å². The van der Waals surface area contributed by atoms with Crippen molar-refractivity contribution in [3.05, 3.63) is 53.4 Å². The van der Waals surface area contributed by atoms with Gasteiger partial charge in [-0.25, -0.2) is 0 Å². The molecular weight excluding hydrogens is 290 g/mol. The minimum atomic E-state index is -2.88. The molecule has 2 rings (SSSR count). The van der Waals surface area contributed by atoms with Gasteiger partial charge in [-0.15, -0.1) is 0 Å². The summed E-state index contributed by atoms with van der Waals surface area (Å²) in [5.41, 5.74) is 2.11. The molecule has 0 spiro atoms. The number of alkyl halides is 2. The highest BCUT2D eigenvalue weighted by molar-refractivity contribution is 6.06. The van der Waals surface area contributed by atoms with Gasteiger partial charge in [0.05, 0.1) is 5.69 Å². The average Bonchev–Trinajstić information content (AvgIpc) is 2.85. The van der Waals surface area contributed by atoms with E-state index < -0.39 is 6.61 Å². The molecule has 4 nitrogen and oxygen atoms in total. The Hall–Kier alpha value is -2.50. The molecule has 0 radical (unpaired) electrons. The molecule has 0 saturated carbocycles. The lowest BCUT2D eigenvalue weighted by atomic mass is 10.1. The fourth-order valence-corrected chi connectivity index (χ4v) is 1.92. The monoisotopic (exact) mass is 306 g/mol. The second-order valence-corrected chi connectivity index (χ2v) is 4.63. The number of carbonyl (C=O) groups is 1. The maximum absolute atomic E-state index is 12.0. The number of ether oxygens (including phenoxy) is 1. The first-order valence-corrected chi connectivity index (χ1v) is 6.81. The van der Waals surface area contributed by atoms with Crippen molar-refractivity contribution in [2.75, 3.05) is 0 Å². The lowest BCUT2D eigenvalue weighted by Crippen LogP contribution is -2.02. The van der Waals surface area contributed by atoms with Crippen LogP contribution in [0.25, 0.3) is 6.08 Å². The quantitative estimate of drug-likeness (QED) is 0.603. The van der Waals surface area contributed by atoms with Crippen LogP contribution in [0, 0.1) is 6.92 Å². The second kappa shape index (κ2) is 6.98. The SMILES string of the molecule is CCn1cc(/C=C/C(=O)c2ccc(OC(F)F)cc2)c(C)n1. The van der Waals surface area contributed by atoms with Crippen molar-refractivity contribution in [3.8, 4) is 5.75 Å². The van der Waals surface area contributed by atoms with Crippen molar-refractivity contribution in [2.45, 2.75) is 27.0 Å². The fraction of sp³-hybridized carbons (Fsp3) is 0.250. The summed E-state index contributed by atoms with van der Waals surface area (Å²) in [6.07, 6.45) is 4.99. The summed E-state index contributed by atoms with van der Waals surface area (Å²) in [5, 5.41) is 4.29. The molecule has 0 atom stereocenters. The number of halogens is 2. The standard InChI is InChI=1S/C16H16F2N2O2/c1-3-20-10-13(11(2)19-20)6-9-15(21)12-4-7-14(8-5-12)22-16(17)18/h4-10,16H,3H2,1-2H3/b9-6+. The van der Waals surface area contributed by atoms with Crippen LogP contribution in [-0.4, -0.2) is 22.2 Å². The Bertz CT molecular complexity index is 676. The highest BCUT2D eigenvalue weighted by Gasteiger charge is 2.07. The maximum Gasteiger partial charge on any atom is 0.387 e. The Morgan fingerprint density at radius 2 is 2.05 bits per heavy atom. The van der Waals surface area contributed by atoms with Gasteiger partial charge in [-0.3, -0.25) is 9.48 Å². The molecule has 0 unspecified atom stereocenters. The Labute approximate surface area is 127 Å². The van der Waals surface area contributed by atoms with Gasteiger partial charge < -0.3 is 4.74 Å². The Balaban J connectivity index is 2.08. The van der Waals surface area contributed by atoms with E-state index in [4.69, 9.17) is 0 Å². The molecule has 0 aliphatic rings. The van der Waals surface area contributed by atoms with Crippen LogP contribution >= 0.6 is 0 Å². The van der Waals surface area contributed by atoms with Crippen LogP contribution in [0.5, 0.6) is 5.75 Å².